The molecule has 0 saturated heterocycles. The zero-order valence-corrected chi connectivity index (χ0v) is 16.4. The molecule has 8 heteroatoms. The smallest absolute Gasteiger partial charge is 0.341 e. The Morgan fingerprint density at radius 2 is 2.11 bits per heavy atom. The topological polar surface area (TPSA) is 81.4 Å². The van der Waals surface area contributed by atoms with Crippen LogP contribution in [-0.2, 0) is 22.4 Å². The van der Waals surface area contributed by atoms with E-state index in [1.54, 1.807) is 0 Å². The third-order valence-corrected chi connectivity index (χ3v) is 6.45. The first-order valence-electron chi connectivity index (χ1n) is 8.67. The van der Waals surface area contributed by atoms with Crippen LogP contribution in [0.4, 0.5) is 5.00 Å². The summed E-state index contributed by atoms with van der Waals surface area (Å²) >= 11 is 2.71. The number of oxazole rings is 1. The van der Waals surface area contributed by atoms with E-state index in [0.29, 0.717) is 21.4 Å². The third kappa shape index (κ3) is 3.72. The van der Waals surface area contributed by atoms with Gasteiger partial charge in [0, 0.05) is 4.88 Å². The molecule has 0 bridgehead atoms. The number of rotatable bonds is 5. The number of thiophene rings is 1. The number of amides is 1. The molecule has 2 heterocycles. The largest absolute Gasteiger partial charge is 0.465 e. The van der Waals surface area contributed by atoms with E-state index in [2.05, 4.69) is 10.3 Å². The zero-order valence-electron chi connectivity index (χ0n) is 14.7. The molecule has 1 aliphatic carbocycles. The molecule has 0 fully saturated rings. The highest BCUT2D eigenvalue weighted by Crippen LogP contribution is 2.38. The lowest BCUT2D eigenvalue weighted by molar-refractivity contribution is -0.113. The van der Waals surface area contributed by atoms with Gasteiger partial charge >= 0.3 is 5.97 Å². The molecule has 0 atom stereocenters. The Bertz CT molecular complexity index is 975. The second kappa shape index (κ2) is 7.74. The molecule has 0 saturated carbocycles. The number of anilines is 1. The Hall–Kier alpha value is -2.32. The molecular weight excluding hydrogens is 384 g/mol. The summed E-state index contributed by atoms with van der Waals surface area (Å²) in [6, 6.07) is 7.47. The summed E-state index contributed by atoms with van der Waals surface area (Å²) in [7, 11) is 1.36. The second-order valence-corrected chi connectivity index (χ2v) is 8.22. The van der Waals surface area contributed by atoms with Crippen LogP contribution in [-0.4, -0.2) is 29.7 Å². The lowest BCUT2D eigenvalue weighted by Gasteiger charge is -2.11. The maximum absolute atomic E-state index is 12.4. The number of aryl methyl sites for hydroxylation is 1. The lowest BCUT2D eigenvalue weighted by Crippen LogP contribution is -2.16. The van der Waals surface area contributed by atoms with Crippen LogP contribution < -0.4 is 5.32 Å². The molecule has 4 rings (SSSR count). The standard InChI is InChI=1S/C19H18N2O4S2/c1-24-18(23)16-11-6-2-5-9-14(11)27-17(16)21-15(22)10-26-19-20-12-7-3-4-8-13(12)25-19/h3-4,7-8H,2,5-6,9-10H2,1H3,(H,21,22). The Kier molecular flexibility index (Phi) is 5.18. The summed E-state index contributed by atoms with van der Waals surface area (Å²) < 4.78 is 10.5. The number of carbonyl (C=O) groups is 2. The average Bonchev–Trinajstić information content (AvgIpc) is 3.26. The molecule has 0 radical (unpaired) electrons. The molecule has 1 N–H and O–H groups in total. The first-order valence-corrected chi connectivity index (χ1v) is 10.5. The van der Waals surface area contributed by atoms with E-state index in [4.69, 9.17) is 9.15 Å². The highest BCUT2D eigenvalue weighted by molar-refractivity contribution is 7.99. The minimum Gasteiger partial charge on any atom is -0.465 e. The first kappa shape index (κ1) is 18.1. The number of ether oxygens (including phenoxy) is 1. The number of fused-ring (bicyclic) bond motifs is 2. The van der Waals surface area contributed by atoms with Gasteiger partial charge < -0.3 is 14.5 Å². The monoisotopic (exact) mass is 402 g/mol. The summed E-state index contributed by atoms with van der Waals surface area (Å²) in [5.74, 6) is -0.446. The van der Waals surface area contributed by atoms with Crippen molar-refractivity contribution in [1.82, 2.24) is 4.98 Å². The summed E-state index contributed by atoms with van der Waals surface area (Å²) in [6.45, 7) is 0. The highest BCUT2D eigenvalue weighted by atomic mass is 32.2. The summed E-state index contributed by atoms with van der Waals surface area (Å²) in [6.07, 6.45) is 3.95. The maximum atomic E-state index is 12.4. The summed E-state index contributed by atoms with van der Waals surface area (Å²) in [4.78, 5) is 30.2. The van der Waals surface area contributed by atoms with Crippen molar-refractivity contribution in [2.24, 2.45) is 0 Å². The number of hydrogen-bond donors (Lipinski definition) is 1. The number of aromatic nitrogens is 1. The molecule has 140 valence electrons. The van der Waals surface area contributed by atoms with Gasteiger partial charge in [0.2, 0.25) is 5.91 Å². The fourth-order valence-corrected chi connectivity index (χ4v) is 5.11. The molecule has 1 aromatic carbocycles. The summed E-state index contributed by atoms with van der Waals surface area (Å²) in [5, 5.41) is 3.91. The number of nitrogens with zero attached hydrogens (tertiary/aromatic N) is 1. The van der Waals surface area contributed by atoms with Gasteiger partial charge in [-0.05, 0) is 43.4 Å². The van der Waals surface area contributed by atoms with Crippen LogP contribution in [0.15, 0.2) is 33.9 Å². The van der Waals surface area contributed by atoms with Crippen molar-refractivity contribution in [3.8, 4) is 0 Å². The van der Waals surface area contributed by atoms with E-state index >= 15 is 0 Å². The van der Waals surface area contributed by atoms with E-state index in [9.17, 15) is 9.59 Å². The number of benzene rings is 1. The number of methoxy groups -OCH3 is 1. The van der Waals surface area contributed by atoms with Crippen LogP contribution in [0.1, 0.15) is 33.6 Å². The van der Waals surface area contributed by atoms with Crippen molar-refractivity contribution in [1.29, 1.82) is 0 Å². The number of hydrogen-bond acceptors (Lipinski definition) is 7. The van der Waals surface area contributed by atoms with E-state index in [1.165, 1.54) is 35.1 Å². The molecule has 0 unspecified atom stereocenters. The van der Waals surface area contributed by atoms with Gasteiger partial charge in [0.15, 0.2) is 5.58 Å². The molecule has 27 heavy (non-hydrogen) atoms. The zero-order chi connectivity index (χ0) is 18.8. The van der Waals surface area contributed by atoms with E-state index < -0.39 is 5.97 Å². The van der Waals surface area contributed by atoms with Gasteiger partial charge in [0.25, 0.3) is 5.22 Å². The Balaban J connectivity index is 1.47. The average molecular weight is 402 g/mol. The fraction of sp³-hybridized carbons (Fsp3) is 0.316. The highest BCUT2D eigenvalue weighted by Gasteiger charge is 2.27. The van der Waals surface area contributed by atoms with Gasteiger partial charge in [-0.1, -0.05) is 23.9 Å². The minimum absolute atomic E-state index is 0.149. The number of esters is 1. The molecule has 0 spiro atoms. The van der Waals surface area contributed by atoms with Crippen LogP contribution in [0.2, 0.25) is 0 Å². The molecule has 0 aliphatic heterocycles. The van der Waals surface area contributed by atoms with Crippen molar-refractivity contribution < 1.29 is 18.7 Å². The lowest BCUT2D eigenvalue weighted by atomic mass is 9.95. The molecule has 1 amide bonds. The predicted octanol–water partition coefficient (Wildman–Crippen LogP) is 4.29. The Labute approximate surface area is 164 Å². The Morgan fingerprint density at radius 3 is 2.93 bits per heavy atom. The predicted molar refractivity (Wildman–Crippen MR) is 106 cm³/mol. The third-order valence-electron chi connectivity index (χ3n) is 4.41. The van der Waals surface area contributed by atoms with Crippen LogP contribution in [0, 0.1) is 0 Å². The first-order chi connectivity index (χ1) is 13.2. The van der Waals surface area contributed by atoms with Crippen molar-refractivity contribution >= 4 is 51.1 Å². The van der Waals surface area contributed by atoms with Crippen LogP contribution in [0.3, 0.4) is 0 Å². The van der Waals surface area contributed by atoms with Crippen molar-refractivity contribution in [2.75, 3.05) is 18.2 Å². The van der Waals surface area contributed by atoms with Crippen molar-refractivity contribution in [3.63, 3.8) is 0 Å². The van der Waals surface area contributed by atoms with Gasteiger partial charge in [-0.3, -0.25) is 4.79 Å². The maximum Gasteiger partial charge on any atom is 0.341 e. The molecular formula is C19H18N2O4S2. The number of nitrogens with one attached hydrogen (secondary N) is 1. The molecule has 6 nitrogen and oxygen atoms in total. The van der Waals surface area contributed by atoms with Crippen molar-refractivity contribution in [2.45, 2.75) is 30.9 Å². The van der Waals surface area contributed by atoms with E-state index in [-0.39, 0.29) is 11.7 Å². The van der Waals surface area contributed by atoms with E-state index in [1.807, 2.05) is 24.3 Å². The van der Waals surface area contributed by atoms with Gasteiger partial charge in [0.05, 0.1) is 18.4 Å². The van der Waals surface area contributed by atoms with Gasteiger partial charge in [-0.15, -0.1) is 11.3 Å². The SMILES string of the molecule is COC(=O)c1c(NC(=O)CSc2nc3ccccc3o2)sc2c1CCCC2. The normalized spacial score (nSPS) is 13.4. The quantitative estimate of drug-likeness (QED) is 0.507. The molecule has 1 aliphatic rings. The molecule has 2 aromatic heterocycles. The van der Waals surface area contributed by atoms with Gasteiger partial charge in [0.1, 0.15) is 10.5 Å². The molecule has 3 aromatic rings. The fourth-order valence-electron chi connectivity index (χ4n) is 3.17. The van der Waals surface area contributed by atoms with Gasteiger partial charge in [-0.2, -0.15) is 0 Å². The van der Waals surface area contributed by atoms with Crippen LogP contribution >= 0.6 is 23.1 Å². The van der Waals surface area contributed by atoms with Crippen LogP contribution in [0.25, 0.3) is 11.1 Å². The van der Waals surface area contributed by atoms with Crippen molar-refractivity contribution in [3.05, 3.63) is 40.3 Å². The number of para-hydroxylation sites is 2. The number of carbonyl (C=O) groups excluding carboxylic acids is 2. The summed E-state index contributed by atoms with van der Waals surface area (Å²) in [5.41, 5.74) is 3.00. The number of thioether (sulfide) groups is 1. The minimum atomic E-state index is -0.392. The Morgan fingerprint density at radius 1 is 1.30 bits per heavy atom. The van der Waals surface area contributed by atoms with Gasteiger partial charge in [-0.25, -0.2) is 9.78 Å². The van der Waals surface area contributed by atoms with Crippen LogP contribution in [0.5, 0.6) is 0 Å². The van der Waals surface area contributed by atoms with E-state index in [0.717, 1.165) is 36.8 Å². The second-order valence-electron chi connectivity index (χ2n) is 6.19.